The van der Waals surface area contributed by atoms with Crippen molar-refractivity contribution in [1.29, 1.82) is 0 Å². The molecule has 0 saturated carbocycles. The fourth-order valence-electron chi connectivity index (χ4n) is 2.08. The Hall–Kier alpha value is -1.26. The van der Waals surface area contributed by atoms with Crippen molar-refractivity contribution in [1.82, 2.24) is 10.6 Å². The van der Waals surface area contributed by atoms with Crippen molar-refractivity contribution in [2.75, 3.05) is 13.2 Å². The lowest BCUT2D eigenvalue weighted by Gasteiger charge is -2.34. The van der Waals surface area contributed by atoms with Crippen LogP contribution in [0.4, 0.5) is 0 Å². The van der Waals surface area contributed by atoms with Gasteiger partial charge in [-0.3, -0.25) is 9.59 Å². The molecule has 2 heterocycles. The second-order valence-electron chi connectivity index (χ2n) is 4.23. The van der Waals surface area contributed by atoms with Gasteiger partial charge in [0.1, 0.15) is 24.4 Å². The molecule has 102 valence electrons. The van der Waals surface area contributed by atoms with Gasteiger partial charge in [-0.15, -0.1) is 0 Å². The number of nitrogens with one attached hydrogen (secondary N) is 2. The summed E-state index contributed by atoms with van der Waals surface area (Å²) in [6.45, 7) is -0.986. The first-order valence-electron chi connectivity index (χ1n) is 5.34. The summed E-state index contributed by atoms with van der Waals surface area (Å²) >= 11 is 0. The molecule has 5 atom stereocenters. The molecule has 0 aromatic heterocycles. The Labute approximate surface area is 101 Å². The third-order valence-corrected chi connectivity index (χ3v) is 3.04. The van der Waals surface area contributed by atoms with Crippen molar-refractivity contribution in [3.8, 4) is 0 Å². The lowest BCUT2D eigenvalue weighted by atomic mass is 9.98. The van der Waals surface area contributed by atoms with E-state index in [1.165, 1.54) is 0 Å². The number of aliphatic hydroxyl groups excluding tert-OH is 4. The molecule has 0 aliphatic carbocycles. The quantitative estimate of drug-likeness (QED) is 0.293. The molecule has 0 aromatic carbocycles. The largest absolute Gasteiger partial charge is 0.394 e. The summed E-state index contributed by atoms with van der Waals surface area (Å²) in [7, 11) is 0. The van der Waals surface area contributed by atoms with Crippen LogP contribution in [0.5, 0.6) is 0 Å². The standard InChI is InChI=1S/C9H14N2O7/c12-2-3(13)6-5(15)7(16)9(18-6)8(17)10-1-4(14)11-9/h3,5-7,12-13,15-16H,1-2H2,(H,10,17)(H,11,14)/t3-,5+,6+,7+,9-/m1/s1. The van der Waals surface area contributed by atoms with Gasteiger partial charge < -0.3 is 35.8 Å². The number of rotatable bonds is 2. The molecule has 6 N–H and O–H groups in total. The summed E-state index contributed by atoms with van der Waals surface area (Å²) in [5.74, 6) is -1.42. The number of carbonyl (C=O) groups is 2. The number of aliphatic hydroxyl groups is 4. The highest BCUT2D eigenvalue weighted by atomic mass is 16.6. The summed E-state index contributed by atoms with van der Waals surface area (Å²) < 4.78 is 5.10. The molecule has 1 spiro atoms. The van der Waals surface area contributed by atoms with E-state index < -0.39 is 48.6 Å². The molecule has 2 aliphatic rings. The van der Waals surface area contributed by atoms with E-state index >= 15 is 0 Å². The van der Waals surface area contributed by atoms with E-state index in [9.17, 15) is 24.9 Å². The first-order chi connectivity index (χ1) is 8.42. The van der Waals surface area contributed by atoms with Crippen LogP contribution in [-0.4, -0.2) is 75.5 Å². The van der Waals surface area contributed by atoms with Crippen molar-refractivity contribution in [2.24, 2.45) is 0 Å². The van der Waals surface area contributed by atoms with Gasteiger partial charge in [-0.25, -0.2) is 0 Å². The molecule has 9 nitrogen and oxygen atoms in total. The van der Waals surface area contributed by atoms with Crippen molar-refractivity contribution < 1.29 is 34.8 Å². The zero-order valence-electron chi connectivity index (χ0n) is 9.24. The van der Waals surface area contributed by atoms with Gasteiger partial charge in [0.25, 0.3) is 11.6 Å². The Morgan fingerprint density at radius 3 is 2.72 bits per heavy atom. The second kappa shape index (κ2) is 4.44. The second-order valence-corrected chi connectivity index (χ2v) is 4.23. The van der Waals surface area contributed by atoms with Gasteiger partial charge in [0.2, 0.25) is 5.91 Å². The Morgan fingerprint density at radius 1 is 1.44 bits per heavy atom. The van der Waals surface area contributed by atoms with E-state index in [-0.39, 0.29) is 6.54 Å². The molecule has 18 heavy (non-hydrogen) atoms. The maximum Gasteiger partial charge on any atom is 0.276 e. The van der Waals surface area contributed by atoms with E-state index in [1.54, 1.807) is 0 Å². The van der Waals surface area contributed by atoms with Crippen LogP contribution in [0.3, 0.4) is 0 Å². The first kappa shape index (κ1) is 13.2. The van der Waals surface area contributed by atoms with E-state index in [4.69, 9.17) is 9.84 Å². The predicted octanol–water partition coefficient (Wildman–Crippen LogP) is -4.60. The third kappa shape index (κ3) is 1.76. The molecular formula is C9H14N2O7. The van der Waals surface area contributed by atoms with Crippen molar-refractivity contribution in [3.05, 3.63) is 0 Å². The van der Waals surface area contributed by atoms with Crippen LogP contribution in [0, 0.1) is 0 Å². The van der Waals surface area contributed by atoms with Crippen LogP contribution < -0.4 is 10.6 Å². The van der Waals surface area contributed by atoms with Crippen molar-refractivity contribution in [2.45, 2.75) is 30.1 Å². The van der Waals surface area contributed by atoms with Gasteiger partial charge in [-0.05, 0) is 0 Å². The molecule has 2 amide bonds. The monoisotopic (exact) mass is 262 g/mol. The minimum atomic E-state index is -2.13. The van der Waals surface area contributed by atoms with Crippen molar-refractivity contribution >= 4 is 11.8 Å². The Bertz CT molecular complexity index is 376. The maximum absolute atomic E-state index is 11.7. The topological polar surface area (TPSA) is 148 Å². The lowest BCUT2D eigenvalue weighted by molar-refractivity contribution is -0.177. The van der Waals surface area contributed by atoms with Crippen LogP contribution >= 0.6 is 0 Å². The van der Waals surface area contributed by atoms with Crippen molar-refractivity contribution in [3.63, 3.8) is 0 Å². The van der Waals surface area contributed by atoms with Gasteiger partial charge in [0, 0.05) is 0 Å². The minimum Gasteiger partial charge on any atom is -0.394 e. The smallest absolute Gasteiger partial charge is 0.276 e. The van der Waals surface area contributed by atoms with Crippen LogP contribution in [-0.2, 0) is 14.3 Å². The summed E-state index contributed by atoms with van der Waals surface area (Å²) in [4.78, 5) is 23.0. The summed E-state index contributed by atoms with van der Waals surface area (Å²) in [5.41, 5.74) is -2.13. The average molecular weight is 262 g/mol. The summed E-state index contributed by atoms with van der Waals surface area (Å²) in [6.07, 6.45) is -6.22. The third-order valence-electron chi connectivity index (χ3n) is 3.04. The summed E-state index contributed by atoms with van der Waals surface area (Å²) in [5, 5.41) is 42.1. The number of carbonyl (C=O) groups excluding carboxylic acids is 2. The fourth-order valence-corrected chi connectivity index (χ4v) is 2.08. The van der Waals surface area contributed by atoms with Gasteiger partial charge in [-0.2, -0.15) is 0 Å². The zero-order chi connectivity index (χ0) is 13.5. The van der Waals surface area contributed by atoms with Gasteiger partial charge in [0.05, 0.1) is 13.2 Å². The fraction of sp³-hybridized carbons (Fsp3) is 0.778. The van der Waals surface area contributed by atoms with E-state index in [0.29, 0.717) is 0 Å². The molecule has 0 radical (unpaired) electrons. The molecule has 0 bridgehead atoms. The highest BCUT2D eigenvalue weighted by Gasteiger charge is 2.62. The van der Waals surface area contributed by atoms with Crippen LogP contribution in [0.1, 0.15) is 0 Å². The minimum absolute atomic E-state index is 0.264. The highest BCUT2D eigenvalue weighted by Crippen LogP contribution is 2.32. The average Bonchev–Trinajstić information content (AvgIpc) is 2.60. The predicted molar refractivity (Wildman–Crippen MR) is 53.9 cm³/mol. The number of piperazine rings is 1. The Balaban J connectivity index is 2.28. The lowest BCUT2D eigenvalue weighted by Crippen LogP contribution is -2.70. The first-order valence-corrected chi connectivity index (χ1v) is 5.34. The molecule has 2 saturated heterocycles. The molecular weight excluding hydrogens is 248 g/mol. The molecule has 2 fully saturated rings. The SMILES string of the molecule is O=C1CNC(=O)[C@]2(N1)O[C@@H]([C@H](O)CO)[C@H](O)[C@@H]2O. The Kier molecular flexibility index (Phi) is 3.25. The van der Waals surface area contributed by atoms with E-state index in [0.717, 1.165) is 0 Å². The Morgan fingerprint density at radius 2 is 2.11 bits per heavy atom. The molecule has 0 aromatic rings. The van der Waals surface area contributed by atoms with Crippen LogP contribution in [0.2, 0.25) is 0 Å². The molecule has 9 heteroatoms. The zero-order valence-corrected chi connectivity index (χ0v) is 9.24. The number of amides is 2. The number of hydrogen-bond acceptors (Lipinski definition) is 7. The number of ether oxygens (including phenoxy) is 1. The highest BCUT2D eigenvalue weighted by molar-refractivity contribution is 5.97. The van der Waals surface area contributed by atoms with Gasteiger partial charge in [-0.1, -0.05) is 0 Å². The number of hydrogen-bond donors (Lipinski definition) is 6. The van der Waals surface area contributed by atoms with Crippen LogP contribution in [0.25, 0.3) is 0 Å². The van der Waals surface area contributed by atoms with E-state index in [2.05, 4.69) is 10.6 Å². The van der Waals surface area contributed by atoms with Crippen LogP contribution in [0.15, 0.2) is 0 Å². The normalized spacial score (nSPS) is 41.7. The van der Waals surface area contributed by atoms with E-state index in [1.807, 2.05) is 0 Å². The maximum atomic E-state index is 11.7. The molecule has 0 unspecified atom stereocenters. The molecule has 2 rings (SSSR count). The summed E-state index contributed by atoms with van der Waals surface area (Å²) in [6, 6.07) is 0. The molecule has 2 aliphatic heterocycles. The van der Waals surface area contributed by atoms with Gasteiger partial charge in [0.15, 0.2) is 0 Å². The van der Waals surface area contributed by atoms with Gasteiger partial charge >= 0.3 is 0 Å².